The number of nitrogens with one attached hydrogen (secondary N) is 1. The molecule has 0 amide bonds. The number of hydrogen-bond donors (Lipinski definition) is 2. The van der Waals surface area contributed by atoms with E-state index in [9.17, 15) is 20.0 Å². The molecule has 0 atom stereocenters. The van der Waals surface area contributed by atoms with E-state index < -0.39 is 16.4 Å². The van der Waals surface area contributed by atoms with Crippen molar-refractivity contribution in [1.82, 2.24) is 9.55 Å². The Balaban J connectivity index is 2.32. The Morgan fingerprint density at radius 3 is 2.70 bits per heavy atom. The molecular weight excluding hydrogens is 264 g/mol. The van der Waals surface area contributed by atoms with Crippen molar-refractivity contribution < 1.29 is 14.8 Å². The summed E-state index contributed by atoms with van der Waals surface area (Å²) in [6.07, 6.45) is 3.77. The zero-order valence-electron chi connectivity index (χ0n) is 11.5. The summed E-state index contributed by atoms with van der Waals surface area (Å²) in [6, 6.07) is 0. The molecule has 8 nitrogen and oxygen atoms in total. The fourth-order valence-corrected chi connectivity index (χ4v) is 2.57. The van der Waals surface area contributed by atoms with Gasteiger partial charge >= 0.3 is 11.8 Å². The molecule has 0 aromatic carbocycles. The number of carboxylic acids is 1. The first kappa shape index (κ1) is 14.3. The molecule has 1 heterocycles. The summed E-state index contributed by atoms with van der Waals surface area (Å²) in [6.45, 7) is 2.08. The number of anilines is 1. The first-order valence-corrected chi connectivity index (χ1v) is 6.53. The lowest BCUT2D eigenvalue weighted by Crippen LogP contribution is -2.49. The number of aromatic nitrogens is 2. The predicted octanol–water partition coefficient (Wildman–Crippen LogP) is 1.77. The van der Waals surface area contributed by atoms with Crippen LogP contribution in [-0.2, 0) is 11.8 Å². The molecular formula is C12H18N4O4. The van der Waals surface area contributed by atoms with Gasteiger partial charge in [0.1, 0.15) is 5.54 Å². The zero-order chi connectivity index (χ0) is 14.9. The molecule has 1 aliphatic carbocycles. The van der Waals surface area contributed by atoms with E-state index in [2.05, 4.69) is 17.2 Å². The summed E-state index contributed by atoms with van der Waals surface area (Å²) in [5, 5.41) is 23.3. The Hall–Kier alpha value is -2.12. The van der Waals surface area contributed by atoms with Gasteiger partial charge in [-0.2, -0.15) is 0 Å². The van der Waals surface area contributed by atoms with E-state index in [1.165, 1.54) is 10.9 Å². The smallest absolute Gasteiger partial charge is 0.406 e. The van der Waals surface area contributed by atoms with Gasteiger partial charge in [0.2, 0.25) is 12.1 Å². The van der Waals surface area contributed by atoms with Gasteiger partial charge in [-0.25, -0.2) is 4.79 Å². The molecule has 1 aliphatic rings. The Kier molecular flexibility index (Phi) is 3.65. The number of carbonyl (C=O) groups is 1. The van der Waals surface area contributed by atoms with Crippen LogP contribution in [0.5, 0.6) is 0 Å². The van der Waals surface area contributed by atoms with Crippen LogP contribution in [0, 0.1) is 16.0 Å². The maximum absolute atomic E-state index is 11.6. The lowest BCUT2D eigenvalue weighted by molar-refractivity contribution is -0.388. The monoisotopic (exact) mass is 282 g/mol. The van der Waals surface area contributed by atoms with E-state index >= 15 is 0 Å². The van der Waals surface area contributed by atoms with E-state index in [4.69, 9.17) is 0 Å². The lowest BCUT2D eigenvalue weighted by Gasteiger charge is -2.36. The average Bonchev–Trinajstić information content (AvgIpc) is 2.74. The minimum Gasteiger partial charge on any atom is -0.480 e. The number of aryl methyl sites for hydroxylation is 1. The van der Waals surface area contributed by atoms with Crippen molar-refractivity contribution in [2.45, 2.75) is 38.1 Å². The molecule has 0 unspecified atom stereocenters. The molecule has 0 saturated heterocycles. The van der Waals surface area contributed by atoms with Gasteiger partial charge in [-0.15, -0.1) is 0 Å². The van der Waals surface area contributed by atoms with Crippen LogP contribution in [0.3, 0.4) is 0 Å². The van der Waals surface area contributed by atoms with E-state index in [-0.39, 0.29) is 11.6 Å². The Bertz CT molecular complexity index is 532. The predicted molar refractivity (Wildman–Crippen MR) is 71.5 cm³/mol. The van der Waals surface area contributed by atoms with Crippen LogP contribution in [0.25, 0.3) is 0 Å². The van der Waals surface area contributed by atoms with Gasteiger partial charge in [0.05, 0.1) is 0 Å². The number of rotatable bonds is 4. The van der Waals surface area contributed by atoms with Crippen molar-refractivity contribution in [3.8, 4) is 0 Å². The second-order valence-electron chi connectivity index (χ2n) is 5.48. The van der Waals surface area contributed by atoms with Crippen molar-refractivity contribution >= 4 is 17.6 Å². The van der Waals surface area contributed by atoms with Crippen molar-refractivity contribution in [2.75, 3.05) is 5.32 Å². The van der Waals surface area contributed by atoms with Crippen LogP contribution < -0.4 is 5.32 Å². The summed E-state index contributed by atoms with van der Waals surface area (Å²) >= 11 is 0. The van der Waals surface area contributed by atoms with Crippen LogP contribution in [0.1, 0.15) is 32.6 Å². The van der Waals surface area contributed by atoms with E-state index in [1.807, 2.05) is 0 Å². The Morgan fingerprint density at radius 1 is 1.60 bits per heavy atom. The lowest BCUT2D eigenvalue weighted by atomic mass is 9.77. The zero-order valence-corrected chi connectivity index (χ0v) is 11.5. The van der Waals surface area contributed by atoms with Crippen LogP contribution in [-0.4, -0.2) is 31.1 Å². The number of nitro groups is 1. The maximum Gasteiger partial charge on any atom is 0.406 e. The van der Waals surface area contributed by atoms with Gasteiger partial charge < -0.3 is 20.5 Å². The normalized spacial score (nSPS) is 26.2. The summed E-state index contributed by atoms with van der Waals surface area (Å²) in [4.78, 5) is 25.7. The molecule has 1 fully saturated rings. The third-order valence-electron chi connectivity index (χ3n) is 3.99. The highest BCUT2D eigenvalue weighted by atomic mass is 16.6. The van der Waals surface area contributed by atoms with Gasteiger partial charge in [-0.05, 0) is 41.5 Å². The first-order valence-electron chi connectivity index (χ1n) is 6.53. The minimum atomic E-state index is -1.15. The van der Waals surface area contributed by atoms with Gasteiger partial charge in [0.15, 0.2) is 0 Å². The molecule has 0 radical (unpaired) electrons. The molecule has 0 spiro atoms. The highest BCUT2D eigenvalue weighted by Gasteiger charge is 2.43. The number of imidazole rings is 1. The number of nitrogens with zero attached hydrogens (tertiary/aromatic N) is 3. The molecule has 0 aliphatic heterocycles. The second kappa shape index (κ2) is 5.10. The fourth-order valence-electron chi connectivity index (χ4n) is 2.57. The second-order valence-corrected chi connectivity index (χ2v) is 5.48. The largest absolute Gasteiger partial charge is 0.480 e. The van der Waals surface area contributed by atoms with Crippen LogP contribution in [0.2, 0.25) is 0 Å². The van der Waals surface area contributed by atoms with Crippen LogP contribution in [0.15, 0.2) is 6.33 Å². The summed E-state index contributed by atoms with van der Waals surface area (Å²) in [5.41, 5.74) is -1.15. The third-order valence-corrected chi connectivity index (χ3v) is 3.99. The van der Waals surface area contributed by atoms with Gasteiger partial charge in [0, 0.05) is 7.05 Å². The molecule has 110 valence electrons. The summed E-state index contributed by atoms with van der Waals surface area (Å²) in [5.74, 6) is -0.690. The highest BCUT2D eigenvalue weighted by molar-refractivity contribution is 5.83. The van der Waals surface area contributed by atoms with E-state index in [0.29, 0.717) is 18.8 Å². The SMILES string of the molecule is CC1CCC(Nc2c([N+](=O)[O-])ncn2C)(C(=O)O)CC1. The molecule has 0 bridgehead atoms. The number of hydrogen-bond acceptors (Lipinski definition) is 5. The fraction of sp³-hybridized carbons (Fsp3) is 0.667. The summed E-state index contributed by atoms with van der Waals surface area (Å²) < 4.78 is 1.45. The van der Waals surface area contributed by atoms with Crippen molar-refractivity contribution in [1.29, 1.82) is 0 Å². The van der Waals surface area contributed by atoms with Gasteiger partial charge in [-0.1, -0.05) is 6.92 Å². The van der Waals surface area contributed by atoms with Gasteiger partial charge in [0.25, 0.3) is 0 Å². The van der Waals surface area contributed by atoms with Crippen molar-refractivity contribution in [3.05, 3.63) is 16.4 Å². The van der Waals surface area contributed by atoms with E-state index in [1.54, 1.807) is 7.05 Å². The third kappa shape index (κ3) is 2.45. The Labute approximate surface area is 116 Å². The number of carboxylic acid groups (broad SMARTS) is 1. The molecule has 8 heteroatoms. The molecule has 1 saturated carbocycles. The van der Waals surface area contributed by atoms with Crippen molar-refractivity contribution in [2.24, 2.45) is 13.0 Å². The quantitative estimate of drug-likeness (QED) is 0.643. The maximum atomic E-state index is 11.6. The highest BCUT2D eigenvalue weighted by Crippen LogP contribution is 2.36. The van der Waals surface area contributed by atoms with Crippen molar-refractivity contribution in [3.63, 3.8) is 0 Å². The van der Waals surface area contributed by atoms with Crippen LogP contribution >= 0.6 is 0 Å². The molecule has 2 rings (SSSR count). The standard InChI is InChI=1S/C12H18N4O4/c1-8-3-5-12(6-4-8,11(17)18)14-10-9(16(19)20)13-7-15(10)2/h7-8,14H,3-6H2,1-2H3,(H,17,18). The molecule has 2 N–H and O–H groups in total. The average molecular weight is 282 g/mol. The van der Waals surface area contributed by atoms with E-state index in [0.717, 1.165) is 12.8 Å². The Morgan fingerprint density at radius 2 is 2.20 bits per heavy atom. The number of aliphatic carboxylic acids is 1. The molecule has 1 aromatic heterocycles. The topological polar surface area (TPSA) is 110 Å². The van der Waals surface area contributed by atoms with Gasteiger partial charge in [-0.3, -0.25) is 4.57 Å². The first-order chi connectivity index (χ1) is 9.35. The molecule has 1 aromatic rings. The summed E-state index contributed by atoms with van der Waals surface area (Å²) in [7, 11) is 1.60. The minimum absolute atomic E-state index is 0.145. The van der Waals surface area contributed by atoms with Crippen LogP contribution in [0.4, 0.5) is 11.6 Å². The molecule has 20 heavy (non-hydrogen) atoms.